The molecule has 0 spiro atoms. The van der Waals surface area contributed by atoms with E-state index in [4.69, 9.17) is 77.4 Å². The number of fused-ring (bicyclic) bond motifs is 4. The molecule has 10 rings (SSSR count). The van der Waals surface area contributed by atoms with E-state index in [1.807, 2.05) is 0 Å². The number of esters is 3. The summed E-state index contributed by atoms with van der Waals surface area (Å²) in [6, 6.07) is 25.7. The van der Waals surface area contributed by atoms with E-state index in [1.165, 1.54) is 33.4 Å². The number of aliphatic hydroxyl groups excluding tert-OH is 1. The maximum Gasteiger partial charge on any atom is 0.347 e. The SMILES string of the molecule is CCOC(=O)c1c(OC2CO[C@@H]3[C@@H](OC(=O)CCl)CO[C@H]23)c2ccccc2n(Cc2ccc(F)cc2)c1=O.CCOC(=O)c1c(OC2CO[C@H]3[C@@H]2OC[C@@H]3O)c2ccccc2n(Cc2ccc(F)cc2)c1=O.O=C(Cl)CCl. The Hall–Kier alpha value is -6.49. The van der Waals surface area contributed by atoms with Crippen molar-refractivity contribution in [3.8, 4) is 11.5 Å². The highest BCUT2D eigenvalue weighted by molar-refractivity contribution is 6.67. The number of carbonyl (C=O) groups excluding carboxylic acids is 4. The van der Waals surface area contributed by atoms with Gasteiger partial charge in [0.05, 0.1) is 69.6 Å². The number of rotatable bonds is 15. The molecule has 408 valence electrons. The van der Waals surface area contributed by atoms with Gasteiger partial charge in [0.15, 0.2) is 29.4 Å². The molecule has 4 aromatic carbocycles. The van der Waals surface area contributed by atoms with E-state index >= 15 is 0 Å². The lowest BCUT2D eigenvalue weighted by molar-refractivity contribution is -0.150. The summed E-state index contributed by atoms with van der Waals surface area (Å²) < 4.78 is 80.9. The monoisotopic (exact) mass is 1130 g/mol. The fraction of sp³-hybridized carbons (Fsp3) is 0.370. The molecule has 18 nitrogen and oxygen atoms in total. The highest BCUT2D eigenvalue weighted by Gasteiger charge is 2.52. The van der Waals surface area contributed by atoms with E-state index in [1.54, 1.807) is 86.6 Å². The van der Waals surface area contributed by atoms with Crippen LogP contribution in [0.4, 0.5) is 8.78 Å². The zero-order valence-electron chi connectivity index (χ0n) is 41.3. The van der Waals surface area contributed by atoms with E-state index in [9.17, 15) is 42.7 Å². The maximum atomic E-state index is 13.8. The van der Waals surface area contributed by atoms with Gasteiger partial charge in [-0.1, -0.05) is 48.5 Å². The lowest BCUT2D eigenvalue weighted by Crippen LogP contribution is -2.37. The van der Waals surface area contributed by atoms with Gasteiger partial charge in [-0.3, -0.25) is 19.2 Å². The van der Waals surface area contributed by atoms with Crippen molar-refractivity contribution in [1.29, 1.82) is 0 Å². The van der Waals surface area contributed by atoms with Gasteiger partial charge in [-0.25, -0.2) is 18.4 Å². The Balaban J connectivity index is 0.000000188. The minimum Gasteiger partial charge on any atom is -0.483 e. The van der Waals surface area contributed by atoms with Crippen molar-refractivity contribution in [3.05, 3.63) is 152 Å². The number of aromatic nitrogens is 2. The number of para-hydroxylation sites is 2. The summed E-state index contributed by atoms with van der Waals surface area (Å²) in [5, 5.41) is 10.6. The third-order valence-electron chi connectivity index (χ3n) is 12.7. The Bertz CT molecular complexity index is 3230. The molecule has 6 heterocycles. The molecule has 1 N–H and O–H groups in total. The average molecular weight is 1130 g/mol. The second-order valence-corrected chi connectivity index (χ2v) is 18.6. The normalized spacial score (nSPS) is 22.0. The van der Waals surface area contributed by atoms with Gasteiger partial charge >= 0.3 is 17.9 Å². The minimum atomic E-state index is -0.831. The molecule has 0 aliphatic carbocycles. The first kappa shape index (κ1) is 56.7. The summed E-state index contributed by atoms with van der Waals surface area (Å²) in [5.41, 5.74) is 0.731. The Morgan fingerprint density at radius 2 is 0.974 bits per heavy atom. The molecule has 23 heteroatoms. The molecule has 0 saturated carbocycles. The summed E-state index contributed by atoms with van der Waals surface area (Å²) in [5.74, 6) is -3.24. The largest absolute Gasteiger partial charge is 0.483 e. The summed E-state index contributed by atoms with van der Waals surface area (Å²) in [4.78, 5) is 74.6. The minimum absolute atomic E-state index is 0.0521. The van der Waals surface area contributed by atoms with Gasteiger partial charge in [0.2, 0.25) is 5.24 Å². The fourth-order valence-corrected chi connectivity index (χ4v) is 9.37. The quantitative estimate of drug-likeness (QED) is 0.0515. The number of hydrogen-bond donors (Lipinski definition) is 1. The number of alkyl halides is 2. The average Bonchev–Trinajstić information content (AvgIpc) is 4.23. The van der Waals surface area contributed by atoms with E-state index in [0.717, 1.165) is 0 Å². The molecular weight excluding hydrogens is 1080 g/mol. The van der Waals surface area contributed by atoms with Crippen molar-refractivity contribution in [2.45, 2.75) is 75.8 Å². The number of carbonyl (C=O) groups is 4. The predicted molar refractivity (Wildman–Crippen MR) is 275 cm³/mol. The van der Waals surface area contributed by atoms with Crippen molar-refractivity contribution in [2.24, 2.45) is 0 Å². The molecule has 2 aromatic heterocycles. The fourth-order valence-electron chi connectivity index (χ4n) is 9.30. The third-order valence-corrected chi connectivity index (χ3v) is 13.4. The van der Waals surface area contributed by atoms with Crippen molar-refractivity contribution in [2.75, 3.05) is 51.4 Å². The first-order valence-corrected chi connectivity index (χ1v) is 25.7. The van der Waals surface area contributed by atoms with E-state index in [2.05, 4.69) is 0 Å². The molecule has 0 bridgehead atoms. The molecule has 6 aromatic rings. The number of nitrogens with zero attached hydrogens (tertiary/aromatic N) is 2. The molecule has 0 amide bonds. The molecule has 2 unspecified atom stereocenters. The molecule has 0 radical (unpaired) electrons. The van der Waals surface area contributed by atoms with Crippen LogP contribution in [-0.4, -0.2) is 138 Å². The first-order chi connectivity index (χ1) is 37.1. The van der Waals surface area contributed by atoms with Gasteiger partial charge in [0, 0.05) is 10.8 Å². The van der Waals surface area contributed by atoms with E-state index in [0.29, 0.717) is 32.9 Å². The van der Waals surface area contributed by atoms with E-state index in [-0.39, 0.29) is 92.9 Å². The zero-order valence-corrected chi connectivity index (χ0v) is 43.6. The molecule has 77 heavy (non-hydrogen) atoms. The Morgan fingerprint density at radius 1 is 0.584 bits per heavy atom. The molecule has 4 saturated heterocycles. The van der Waals surface area contributed by atoms with Crippen LogP contribution < -0.4 is 20.6 Å². The number of pyridine rings is 2. The third kappa shape index (κ3) is 12.8. The summed E-state index contributed by atoms with van der Waals surface area (Å²) in [6.45, 7) is 4.09. The van der Waals surface area contributed by atoms with Gasteiger partial charge in [-0.2, -0.15) is 0 Å². The maximum absolute atomic E-state index is 13.8. The second kappa shape index (κ2) is 25.8. The van der Waals surface area contributed by atoms with E-state index < -0.39 is 88.9 Å². The van der Waals surface area contributed by atoms with Gasteiger partial charge in [-0.15, -0.1) is 23.2 Å². The predicted octanol–water partition coefficient (Wildman–Crippen LogP) is 6.32. The molecule has 4 fully saturated rings. The van der Waals surface area contributed by atoms with Gasteiger partial charge < -0.3 is 56.9 Å². The first-order valence-electron chi connectivity index (χ1n) is 24.3. The number of aliphatic hydroxyl groups is 1. The summed E-state index contributed by atoms with van der Waals surface area (Å²) in [7, 11) is 0. The van der Waals surface area contributed by atoms with Gasteiger partial charge in [-0.05, 0) is 85.1 Å². The smallest absolute Gasteiger partial charge is 0.347 e. The molecule has 8 atom stereocenters. The number of hydrogen-bond acceptors (Lipinski definition) is 16. The Labute approximate surface area is 453 Å². The van der Waals surface area contributed by atoms with Crippen molar-refractivity contribution >= 4 is 79.8 Å². The van der Waals surface area contributed by atoms with Crippen molar-refractivity contribution in [3.63, 3.8) is 0 Å². The van der Waals surface area contributed by atoms with Crippen LogP contribution in [-0.2, 0) is 55.8 Å². The van der Waals surface area contributed by atoms with Gasteiger partial charge in [0.25, 0.3) is 11.1 Å². The van der Waals surface area contributed by atoms with Gasteiger partial charge in [0.1, 0.15) is 59.5 Å². The molecule has 4 aliphatic rings. The van der Waals surface area contributed by atoms with Crippen LogP contribution >= 0.6 is 34.8 Å². The van der Waals surface area contributed by atoms with Crippen LogP contribution in [0.3, 0.4) is 0 Å². The molecule has 4 aliphatic heterocycles. The number of halogens is 5. The Kier molecular flexibility index (Phi) is 19.0. The summed E-state index contributed by atoms with van der Waals surface area (Å²) >= 11 is 15.1. The topological polar surface area (TPSA) is 216 Å². The summed E-state index contributed by atoms with van der Waals surface area (Å²) in [6.07, 6.45) is -4.95. The zero-order chi connectivity index (χ0) is 54.9. The van der Waals surface area contributed by atoms with Crippen LogP contribution in [0.15, 0.2) is 107 Å². The lowest BCUT2D eigenvalue weighted by Gasteiger charge is -2.22. The lowest BCUT2D eigenvalue weighted by atomic mass is 10.1. The van der Waals surface area contributed by atoms with Crippen molar-refractivity contribution < 1.29 is 75.7 Å². The van der Waals surface area contributed by atoms with Crippen LogP contribution in [0.1, 0.15) is 45.7 Å². The Morgan fingerprint density at radius 3 is 1.40 bits per heavy atom. The number of benzene rings is 4. The standard InChI is InChI=1S/C27H25ClFNO8.C25H24FNO7.C2H2Cl2O/c1-2-34-27(33)22-23(38-20-14-36-24-19(13-35-25(20)24)37-21(31)11-28)17-5-3-4-6-18(17)30(26(22)32)12-15-7-9-16(29)10-8-15;1-2-31-25(30)20-21(34-19-13-33-22-18(28)12-32-23(19)22)16-5-3-4-6-17(16)27(24(20)29)11-14-7-9-15(26)10-8-14;3-1-2(4)5/h3-10,19-20,24-25H,2,11-14H2,1H3;3-10,18-19,22-23,28H,2,11-13H2,1H3;1H2/t19-,20?,24+,25+;18-,19?,22+,23+;/m00./s1. The van der Waals surface area contributed by atoms with Crippen LogP contribution in [0.2, 0.25) is 0 Å². The van der Waals surface area contributed by atoms with Crippen LogP contribution in [0, 0.1) is 11.6 Å². The molecular formula is C54H51Cl3F2N2O16. The van der Waals surface area contributed by atoms with Crippen molar-refractivity contribution in [1.82, 2.24) is 9.13 Å². The van der Waals surface area contributed by atoms with Crippen LogP contribution in [0.25, 0.3) is 21.8 Å². The highest BCUT2D eigenvalue weighted by atomic mass is 35.5. The highest BCUT2D eigenvalue weighted by Crippen LogP contribution is 2.37. The van der Waals surface area contributed by atoms with Crippen LogP contribution in [0.5, 0.6) is 11.5 Å². The second-order valence-electron chi connectivity index (χ2n) is 17.6. The number of ether oxygens (including phenoxy) is 9.